The number of esters is 2. The van der Waals surface area contributed by atoms with Gasteiger partial charge < -0.3 is 20.1 Å². The molecule has 2 unspecified atom stereocenters. The van der Waals surface area contributed by atoms with E-state index in [1.165, 1.54) is 366 Å². The molecule has 0 aliphatic carbocycles. The summed E-state index contributed by atoms with van der Waals surface area (Å²) in [5, 5.41) is 0. The molecular formula is C81H156NO8P. The van der Waals surface area contributed by atoms with Crippen molar-refractivity contribution in [3.05, 3.63) is 36.5 Å². The van der Waals surface area contributed by atoms with Gasteiger partial charge in [-0.05, 0) is 70.6 Å². The lowest BCUT2D eigenvalue weighted by Gasteiger charge is -2.19. The molecule has 3 N–H and O–H groups in total. The highest BCUT2D eigenvalue weighted by Gasteiger charge is 2.26. The first-order valence-electron chi connectivity index (χ1n) is 40.5. The van der Waals surface area contributed by atoms with E-state index in [2.05, 4.69) is 50.3 Å². The number of allylic oxidation sites excluding steroid dienone is 6. The normalized spacial score (nSPS) is 13.0. The van der Waals surface area contributed by atoms with Crippen LogP contribution in [0.2, 0.25) is 0 Å². The average Bonchev–Trinajstić information content (AvgIpc) is 3.74. The lowest BCUT2D eigenvalue weighted by molar-refractivity contribution is -0.161. The molecule has 0 saturated carbocycles. The third-order valence-electron chi connectivity index (χ3n) is 18.5. The molecule has 10 heteroatoms. The van der Waals surface area contributed by atoms with Gasteiger partial charge in [-0.15, -0.1) is 0 Å². The third kappa shape index (κ3) is 77.1. The quantitative estimate of drug-likeness (QED) is 0.0264. The highest BCUT2D eigenvalue weighted by atomic mass is 31.2. The van der Waals surface area contributed by atoms with Crippen LogP contribution in [0, 0.1) is 0 Å². The van der Waals surface area contributed by atoms with E-state index in [0.29, 0.717) is 6.42 Å². The highest BCUT2D eigenvalue weighted by molar-refractivity contribution is 7.47. The molecule has 0 radical (unpaired) electrons. The maximum atomic E-state index is 12.8. The Morgan fingerprint density at radius 2 is 0.571 bits per heavy atom. The van der Waals surface area contributed by atoms with Crippen molar-refractivity contribution in [1.82, 2.24) is 0 Å². The molecular weight excluding hydrogens is 1150 g/mol. The van der Waals surface area contributed by atoms with Gasteiger partial charge in [0.15, 0.2) is 6.10 Å². The van der Waals surface area contributed by atoms with Crippen molar-refractivity contribution < 1.29 is 37.6 Å². The molecule has 9 nitrogen and oxygen atoms in total. The monoisotopic (exact) mass is 1300 g/mol. The first-order chi connectivity index (χ1) is 44.8. The zero-order valence-electron chi connectivity index (χ0n) is 60.9. The fourth-order valence-corrected chi connectivity index (χ4v) is 13.3. The van der Waals surface area contributed by atoms with E-state index in [1.54, 1.807) is 0 Å². The predicted molar refractivity (Wildman–Crippen MR) is 395 cm³/mol. The van der Waals surface area contributed by atoms with Crippen molar-refractivity contribution in [2.75, 3.05) is 26.4 Å². The van der Waals surface area contributed by atoms with Gasteiger partial charge in [0.1, 0.15) is 6.61 Å². The van der Waals surface area contributed by atoms with Gasteiger partial charge in [0.05, 0.1) is 13.2 Å². The van der Waals surface area contributed by atoms with Crippen molar-refractivity contribution in [1.29, 1.82) is 0 Å². The molecule has 0 aliphatic rings. The molecule has 0 heterocycles. The van der Waals surface area contributed by atoms with E-state index in [1.807, 2.05) is 0 Å². The molecule has 0 rings (SSSR count). The van der Waals surface area contributed by atoms with Gasteiger partial charge in [0, 0.05) is 19.4 Å². The number of hydrogen-bond donors (Lipinski definition) is 2. The Morgan fingerprint density at radius 1 is 0.330 bits per heavy atom. The van der Waals surface area contributed by atoms with Crippen molar-refractivity contribution in [3.8, 4) is 0 Å². The van der Waals surface area contributed by atoms with Crippen LogP contribution in [0.1, 0.15) is 438 Å². The summed E-state index contributed by atoms with van der Waals surface area (Å²) in [6.07, 6.45) is 98.7. The maximum Gasteiger partial charge on any atom is 0.472 e. The summed E-state index contributed by atoms with van der Waals surface area (Å²) in [5.74, 6) is -0.800. The number of carbonyl (C=O) groups excluding carboxylic acids is 2. The van der Waals surface area contributed by atoms with Crippen LogP contribution in [0.3, 0.4) is 0 Å². The highest BCUT2D eigenvalue weighted by Crippen LogP contribution is 2.43. The smallest absolute Gasteiger partial charge is 0.462 e. The standard InChI is InChI=1S/C81H156NO8P/c1-3-5-7-9-11-13-15-17-19-21-23-25-27-29-31-33-35-37-38-39-40-42-43-45-47-49-51-53-55-57-59-61-63-65-67-69-71-73-80(83)87-77-79(78-89-91(85,86)88-76-75-82)90-81(84)74-72-70-68-66-64-62-60-58-56-54-52-50-48-46-44-41-36-34-32-30-28-26-24-22-20-18-16-14-12-10-8-6-4-2/h16,18,21-24,79H,3-15,17,19-20,25-78,82H2,1-2H3,(H,85,86)/b18-16-,23-21-,24-22-. The van der Waals surface area contributed by atoms with Crippen LogP contribution in [0.5, 0.6) is 0 Å². The summed E-state index contributed by atoms with van der Waals surface area (Å²) < 4.78 is 33.3. The third-order valence-corrected chi connectivity index (χ3v) is 19.5. The molecule has 0 amide bonds. The Kier molecular flexibility index (Phi) is 75.7. The minimum atomic E-state index is -4.39. The number of carbonyl (C=O) groups is 2. The minimum absolute atomic E-state index is 0.0567. The van der Waals surface area contributed by atoms with Gasteiger partial charge in [-0.2, -0.15) is 0 Å². The van der Waals surface area contributed by atoms with Crippen LogP contribution >= 0.6 is 7.82 Å². The number of rotatable bonds is 78. The fraction of sp³-hybridized carbons (Fsp3) is 0.901. The summed E-state index contributed by atoms with van der Waals surface area (Å²) >= 11 is 0. The summed E-state index contributed by atoms with van der Waals surface area (Å²) in [5.41, 5.74) is 5.42. The molecule has 0 aliphatic heterocycles. The summed E-state index contributed by atoms with van der Waals surface area (Å²) in [6.45, 7) is 3.82. The van der Waals surface area contributed by atoms with Gasteiger partial charge in [-0.25, -0.2) is 4.57 Å². The second-order valence-electron chi connectivity index (χ2n) is 27.6. The fourth-order valence-electron chi connectivity index (χ4n) is 12.5. The zero-order valence-corrected chi connectivity index (χ0v) is 61.8. The topological polar surface area (TPSA) is 134 Å². The molecule has 2 atom stereocenters. The van der Waals surface area contributed by atoms with Gasteiger partial charge in [-0.1, -0.05) is 391 Å². The molecule has 0 aromatic rings. The van der Waals surface area contributed by atoms with Crippen LogP contribution < -0.4 is 5.73 Å². The van der Waals surface area contributed by atoms with Crippen molar-refractivity contribution in [2.24, 2.45) is 5.73 Å². The summed E-state index contributed by atoms with van der Waals surface area (Å²) in [4.78, 5) is 35.5. The molecule has 0 bridgehead atoms. The Bertz CT molecular complexity index is 1590. The summed E-state index contributed by atoms with van der Waals surface area (Å²) in [6, 6.07) is 0. The van der Waals surface area contributed by atoms with E-state index < -0.39 is 26.5 Å². The SMILES string of the molecule is CCCCCCC/C=C\C/C=C\CCCCCCCCCCCCCCCCCCCCCCCC(=O)OC(COC(=O)CCCCCCCCCCCCCCCCCCCCCCCCCCC/C=C\CCCCCCCCCC)COP(=O)(O)OCCN. The summed E-state index contributed by atoms with van der Waals surface area (Å²) in [7, 11) is -4.39. The molecule has 0 aromatic heterocycles. The Labute approximate surface area is 566 Å². The molecule has 0 aromatic carbocycles. The van der Waals surface area contributed by atoms with Crippen LogP contribution in [0.25, 0.3) is 0 Å². The number of phosphoric acid groups is 1. The van der Waals surface area contributed by atoms with Crippen molar-refractivity contribution >= 4 is 19.8 Å². The first-order valence-corrected chi connectivity index (χ1v) is 42.0. The Morgan fingerprint density at radius 3 is 0.846 bits per heavy atom. The predicted octanol–water partition coefficient (Wildman–Crippen LogP) is 27.0. The molecule has 0 spiro atoms. The van der Waals surface area contributed by atoms with Crippen molar-refractivity contribution in [2.45, 2.75) is 444 Å². The minimum Gasteiger partial charge on any atom is -0.462 e. The van der Waals surface area contributed by atoms with Gasteiger partial charge >= 0.3 is 19.8 Å². The second-order valence-corrected chi connectivity index (χ2v) is 29.1. The van der Waals surface area contributed by atoms with Crippen LogP contribution in [-0.2, 0) is 32.7 Å². The zero-order chi connectivity index (χ0) is 65.8. The second kappa shape index (κ2) is 77.2. The number of ether oxygens (including phenoxy) is 2. The number of unbranched alkanes of at least 4 members (excludes halogenated alkanes) is 59. The van der Waals surface area contributed by atoms with E-state index in [0.717, 1.165) is 38.5 Å². The molecule has 91 heavy (non-hydrogen) atoms. The number of nitrogens with two attached hydrogens (primary N) is 1. The first kappa shape index (κ1) is 89.2. The van der Waals surface area contributed by atoms with Crippen LogP contribution in [0.15, 0.2) is 36.5 Å². The van der Waals surface area contributed by atoms with E-state index in [4.69, 9.17) is 24.3 Å². The molecule has 538 valence electrons. The lowest BCUT2D eigenvalue weighted by Crippen LogP contribution is -2.29. The lowest BCUT2D eigenvalue weighted by atomic mass is 10.0. The van der Waals surface area contributed by atoms with Gasteiger partial charge in [0.25, 0.3) is 0 Å². The van der Waals surface area contributed by atoms with E-state index in [-0.39, 0.29) is 38.6 Å². The Hall–Kier alpha value is -1.77. The molecule has 0 fully saturated rings. The van der Waals surface area contributed by atoms with Crippen LogP contribution in [-0.4, -0.2) is 49.3 Å². The maximum absolute atomic E-state index is 12.8. The van der Waals surface area contributed by atoms with Crippen LogP contribution in [0.4, 0.5) is 0 Å². The molecule has 0 saturated heterocycles. The van der Waals surface area contributed by atoms with Gasteiger partial charge in [-0.3, -0.25) is 18.6 Å². The van der Waals surface area contributed by atoms with E-state index in [9.17, 15) is 19.0 Å². The van der Waals surface area contributed by atoms with Gasteiger partial charge in [0.2, 0.25) is 0 Å². The largest absolute Gasteiger partial charge is 0.472 e. The average molecular weight is 1300 g/mol. The number of hydrogen-bond acceptors (Lipinski definition) is 8. The van der Waals surface area contributed by atoms with Crippen molar-refractivity contribution in [3.63, 3.8) is 0 Å². The number of phosphoric ester groups is 1. The Balaban J connectivity index is 3.74. The van der Waals surface area contributed by atoms with E-state index >= 15 is 0 Å².